The van der Waals surface area contributed by atoms with Crippen molar-refractivity contribution in [3.63, 3.8) is 0 Å². The van der Waals surface area contributed by atoms with Crippen LogP contribution in [0.25, 0.3) is 0 Å². The topological polar surface area (TPSA) is 190 Å². The van der Waals surface area contributed by atoms with Gasteiger partial charge in [-0.05, 0) is 25.7 Å². The Hall–Kier alpha value is -1.56. The van der Waals surface area contributed by atoms with Crippen LogP contribution in [0.2, 0.25) is 0 Å². The Morgan fingerprint density at radius 3 is 0.726 bits per heavy atom. The zero-order valence-corrected chi connectivity index (χ0v) is 40.8. The van der Waals surface area contributed by atoms with Crippen molar-refractivity contribution < 1.29 is 49.8 Å². The van der Waals surface area contributed by atoms with Crippen molar-refractivity contribution in [3.8, 4) is 0 Å². The molecule has 62 heavy (non-hydrogen) atoms. The first-order valence-corrected chi connectivity index (χ1v) is 26.0. The van der Waals surface area contributed by atoms with Gasteiger partial charge in [-0.25, -0.2) is 0 Å². The fourth-order valence-corrected chi connectivity index (χ4v) is 7.95. The minimum atomic E-state index is -2.36. The molecule has 0 aliphatic rings. The quantitative estimate of drug-likeness (QED) is 0.0321. The van der Waals surface area contributed by atoms with E-state index in [0.29, 0.717) is 25.7 Å². The molecule has 0 spiro atoms. The molecule has 0 rings (SSSR count). The van der Waals surface area contributed by atoms with Gasteiger partial charge in [-0.3, -0.25) is 19.2 Å². The number of aliphatic hydroxyl groups is 6. The fraction of sp³-hybridized carbons (Fsp3) is 0.923. The minimum Gasteiger partial charge on any atom is -0.393 e. The molecule has 0 aromatic carbocycles. The third-order valence-electron chi connectivity index (χ3n) is 12.5. The molecule has 4 unspecified atom stereocenters. The molecule has 0 saturated heterocycles. The second-order valence-electron chi connectivity index (χ2n) is 18.4. The molecule has 368 valence electrons. The van der Waals surface area contributed by atoms with Crippen LogP contribution in [0.5, 0.6) is 0 Å². The molecule has 0 aromatic heterocycles. The highest BCUT2D eigenvalue weighted by atomic mass is 16.4. The Labute approximate surface area is 380 Å². The number of hydrogen-bond acceptors (Lipinski definition) is 10. The van der Waals surface area contributed by atoms with E-state index >= 15 is 0 Å². The van der Waals surface area contributed by atoms with Gasteiger partial charge in [0.25, 0.3) is 0 Å². The van der Waals surface area contributed by atoms with E-state index in [4.69, 9.17) is 0 Å². The maximum Gasteiger partial charge on any atom is 0.178 e. The van der Waals surface area contributed by atoms with E-state index in [-0.39, 0.29) is 25.7 Å². The summed E-state index contributed by atoms with van der Waals surface area (Å²) in [7, 11) is 0. The highest BCUT2D eigenvalue weighted by Gasteiger charge is 2.46. The Morgan fingerprint density at radius 1 is 0.323 bits per heavy atom. The lowest BCUT2D eigenvalue weighted by Crippen LogP contribution is -2.55. The van der Waals surface area contributed by atoms with Crippen LogP contribution in [0.3, 0.4) is 0 Å². The van der Waals surface area contributed by atoms with Crippen molar-refractivity contribution in [2.45, 2.75) is 295 Å². The molecule has 4 atom stereocenters. The van der Waals surface area contributed by atoms with Crippen LogP contribution in [0.4, 0.5) is 0 Å². The molecule has 0 aromatic rings. The first-order chi connectivity index (χ1) is 29.9. The van der Waals surface area contributed by atoms with E-state index in [0.717, 1.165) is 77.0 Å². The van der Waals surface area contributed by atoms with Crippen LogP contribution in [-0.2, 0) is 19.2 Å². The standard InChI is InChI=1S/C27H52O5.C25H48O5/c1-3-5-7-9-10-11-12-13-14-15-16-18-19-21-24(29)26(31)27(32,23-28)25(30)22-20-17-8-6-4-2;1-3-5-7-8-9-10-11-12-13-14-15-16-18-19-22(27)24(29)25(30,21-26)23(28)20-17-6-4-2/h26,28,31-32H,3-23H2,1-2H3;24,26,29-30H,3-21H2,1-2H3. The monoisotopic (exact) mass is 885 g/mol. The lowest BCUT2D eigenvalue weighted by atomic mass is 9.85. The average molecular weight is 885 g/mol. The van der Waals surface area contributed by atoms with Gasteiger partial charge in [-0.1, -0.05) is 220 Å². The summed E-state index contributed by atoms with van der Waals surface area (Å²) in [6, 6.07) is 0. The van der Waals surface area contributed by atoms with Crippen LogP contribution in [0.15, 0.2) is 0 Å². The molecule has 0 amide bonds. The predicted molar refractivity (Wildman–Crippen MR) is 254 cm³/mol. The molecule has 0 heterocycles. The zero-order chi connectivity index (χ0) is 46.7. The summed E-state index contributed by atoms with van der Waals surface area (Å²) >= 11 is 0. The third-order valence-corrected chi connectivity index (χ3v) is 12.5. The van der Waals surface area contributed by atoms with Crippen molar-refractivity contribution in [1.29, 1.82) is 0 Å². The fourth-order valence-electron chi connectivity index (χ4n) is 7.95. The number of rotatable bonds is 46. The number of aliphatic hydroxyl groups excluding tert-OH is 4. The van der Waals surface area contributed by atoms with Crippen LogP contribution in [0, 0.1) is 0 Å². The summed E-state index contributed by atoms with van der Waals surface area (Å²) in [4.78, 5) is 49.0. The van der Waals surface area contributed by atoms with Gasteiger partial charge >= 0.3 is 0 Å². The van der Waals surface area contributed by atoms with Gasteiger partial charge in [0.15, 0.2) is 46.5 Å². The van der Waals surface area contributed by atoms with E-state index in [2.05, 4.69) is 20.8 Å². The second kappa shape index (κ2) is 43.3. The van der Waals surface area contributed by atoms with Crippen LogP contribution < -0.4 is 0 Å². The molecule has 0 fully saturated rings. The van der Waals surface area contributed by atoms with Gasteiger partial charge < -0.3 is 30.6 Å². The van der Waals surface area contributed by atoms with Crippen molar-refractivity contribution >= 4 is 23.1 Å². The lowest BCUT2D eigenvalue weighted by molar-refractivity contribution is -0.165. The Morgan fingerprint density at radius 2 is 0.500 bits per heavy atom. The van der Waals surface area contributed by atoms with Crippen molar-refractivity contribution in [1.82, 2.24) is 0 Å². The molecule has 0 saturated carbocycles. The number of unbranched alkanes of at least 4 members (excludes halogenated alkanes) is 30. The summed E-state index contributed by atoms with van der Waals surface area (Å²) in [5.74, 6) is -2.39. The largest absolute Gasteiger partial charge is 0.393 e. The highest BCUT2D eigenvalue weighted by Crippen LogP contribution is 2.22. The Kier molecular flexibility index (Phi) is 43.7. The Balaban J connectivity index is 0. The molecular weight excluding hydrogens is 785 g/mol. The van der Waals surface area contributed by atoms with Crippen LogP contribution >= 0.6 is 0 Å². The van der Waals surface area contributed by atoms with Gasteiger partial charge in [0.2, 0.25) is 0 Å². The summed E-state index contributed by atoms with van der Waals surface area (Å²) in [5.41, 5.74) is -4.72. The number of hydrogen-bond donors (Lipinski definition) is 6. The molecule has 0 radical (unpaired) electrons. The van der Waals surface area contributed by atoms with Crippen LogP contribution in [-0.4, -0.2) is 90.4 Å². The van der Waals surface area contributed by atoms with Gasteiger partial charge in [-0.15, -0.1) is 0 Å². The normalized spacial score (nSPS) is 14.4. The molecule has 0 aliphatic carbocycles. The molecule has 10 heteroatoms. The third kappa shape index (κ3) is 31.3. The summed E-state index contributed by atoms with van der Waals surface area (Å²) in [6.07, 6.45) is 35.0. The highest BCUT2D eigenvalue weighted by molar-refractivity contribution is 5.96. The van der Waals surface area contributed by atoms with E-state index in [1.165, 1.54) is 116 Å². The zero-order valence-electron chi connectivity index (χ0n) is 40.8. The van der Waals surface area contributed by atoms with Gasteiger partial charge in [0, 0.05) is 25.7 Å². The lowest BCUT2D eigenvalue weighted by Gasteiger charge is -2.29. The van der Waals surface area contributed by atoms with E-state index in [9.17, 15) is 49.8 Å². The summed E-state index contributed by atoms with van der Waals surface area (Å²) in [5, 5.41) is 60.2. The number of Topliss-reactive ketones (excluding diaryl/α,β-unsaturated/α-hetero) is 4. The molecule has 0 aliphatic heterocycles. The van der Waals surface area contributed by atoms with Crippen molar-refractivity contribution in [3.05, 3.63) is 0 Å². The number of carbonyl (C=O) groups excluding carboxylic acids is 4. The van der Waals surface area contributed by atoms with Gasteiger partial charge in [0.05, 0.1) is 13.2 Å². The maximum atomic E-state index is 12.3. The van der Waals surface area contributed by atoms with Crippen molar-refractivity contribution in [2.75, 3.05) is 13.2 Å². The van der Waals surface area contributed by atoms with Gasteiger partial charge in [0.1, 0.15) is 0 Å². The number of carbonyl (C=O) groups is 4. The SMILES string of the molecule is CCCCCCCCCCCCCCCC(=O)C(O)C(O)(CO)C(=O)CCCCC.CCCCCCCCCCCCCCCC(=O)C(O)C(O)(CO)C(=O)CCCCCCC. The number of ketones is 4. The molecule has 0 bridgehead atoms. The smallest absolute Gasteiger partial charge is 0.178 e. The molecule has 6 N–H and O–H groups in total. The summed E-state index contributed by atoms with van der Waals surface area (Å²) < 4.78 is 0. The maximum absolute atomic E-state index is 12.3. The van der Waals surface area contributed by atoms with E-state index < -0.39 is 59.8 Å². The minimum absolute atomic E-state index is 0.0635. The van der Waals surface area contributed by atoms with E-state index in [1.54, 1.807) is 0 Å². The first-order valence-electron chi connectivity index (χ1n) is 26.0. The van der Waals surface area contributed by atoms with Gasteiger partial charge in [-0.2, -0.15) is 0 Å². The summed E-state index contributed by atoms with van der Waals surface area (Å²) in [6.45, 7) is 6.73. The molecule has 10 nitrogen and oxygen atoms in total. The predicted octanol–water partition coefficient (Wildman–Crippen LogP) is 11.3. The molecular formula is C52H100O10. The average Bonchev–Trinajstić information content (AvgIpc) is 3.28. The Bertz CT molecular complexity index is 1070. The van der Waals surface area contributed by atoms with Crippen LogP contribution in [0.1, 0.15) is 272 Å². The first kappa shape index (κ1) is 62.5. The van der Waals surface area contributed by atoms with E-state index in [1.807, 2.05) is 6.92 Å². The second-order valence-corrected chi connectivity index (χ2v) is 18.4. The van der Waals surface area contributed by atoms with Crippen molar-refractivity contribution in [2.24, 2.45) is 0 Å².